The number of fused-ring (bicyclic) bond motifs is 1. The number of benzene rings is 1. The third-order valence-corrected chi connectivity index (χ3v) is 3.04. The van der Waals surface area contributed by atoms with Crippen molar-refractivity contribution in [3.8, 4) is 11.5 Å². The van der Waals surface area contributed by atoms with Crippen molar-refractivity contribution < 1.29 is 14.3 Å². The summed E-state index contributed by atoms with van der Waals surface area (Å²) in [6, 6.07) is 3.37. The zero-order valence-corrected chi connectivity index (χ0v) is 10.5. The van der Waals surface area contributed by atoms with Gasteiger partial charge in [0.15, 0.2) is 16.6 Å². The average Bonchev–Trinajstić information content (AvgIpc) is 2.86. The van der Waals surface area contributed by atoms with Crippen LogP contribution in [0.2, 0.25) is 5.02 Å². The fourth-order valence-electron chi connectivity index (χ4n) is 1.68. The summed E-state index contributed by atoms with van der Waals surface area (Å²) >= 11 is 10.9. The first-order valence-electron chi connectivity index (χ1n) is 5.06. The first kappa shape index (κ1) is 11.3. The van der Waals surface area contributed by atoms with Gasteiger partial charge >= 0.3 is 0 Å². The molecule has 2 aliphatic heterocycles. The number of carbonyl (C=O) groups is 1. The highest BCUT2D eigenvalue weighted by Gasteiger charge is 2.21. The van der Waals surface area contributed by atoms with Crippen molar-refractivity contribution in [2.24, 2.45) is 0 Å². The Morgan fingerprint density at radius 1 is 1.28 bits per heavy atom. The van der Waals surface area contributed by atoms with Gasteiger partial charge < -0.3 is 14.8 Å². The van der Waals surface area contributed by atoms with Crippen LogP contribution < -0.4 is 20.1 Å². The summed E-state index contributed by atoms with van der Waals surface area (Å²) in [5, 5.41) is 5.97. The molecule has 7 heteroatoms. The maximum Gasteiger partial charge on any atom is 0.273 e. The van der Waals surface area contributed by atoms with E-state index in [1.54, 1.807) is 18.2 Å². The molecule has 1 aromatic carbocycles. The van der Waals surface area contributed by atoms with Crippen LogP contribution in [0, 0.1) is 0 Å². The topological polar surface area (TPSA) is 59.6 Å². The van der Waals surface area contributed by atoms with Crippen LogP contribution in [0.4, 0.5) is 0 Å². The zero-order chi connectivity index (χ0) is 12.7. The van der Waals surface area contributed by atoms with E-state index in [4.69, 9.17) is 33.3 Å². The highest BCUT2D eigenvalue weighted by Crippen LogP contribution is 2.37. The number of rotatable bonds is 1. The quantitative estimate of drug-likeness (QED) is 0.602. The lowest BCUT2D eigenvalue weighted by atomic mass is 10.1. The van der Waals surface area contributed by atoms with E-state index in [2.05, 4.69) is 10.6 Å². The number of amides is 1. The Morgan fingerprint density at radius 2 is 2.00 bits per heavy atom. The van der Waals surface area contributed by atoms with E-state index in [0.29, 0.717) is 27.8 Å². The largest absolute Gasteiger partial charge is 0.454 e. The van der Waals surface area contributed by atoms with Gasteiger partial charge in [0.05, 0.1) is 5.02 Å². The second-order valence-corrected chi connectivity index (χ2v) is 4.51. The smallest absolute Gasteiger partial charge is 0.273 e. The molecular formula is C11H7ClN2O3S. The van der Waals surface area contributed by atoms with E-state index in [9.17, 15) is 4.79 Å². The van der Waals surface area contributed by atoms with E-state index in [0.717, 1.165) is 0 Å². The molecule has 2 aliphatic rings. The highest BCUT2D eigenvalue weighted by atomic mass is 35.5. The van der Waals surface area contributed by atoms with Gasteiger partial charge in [-0.25, -0.2) is 0 Å². The first-order valence-corrected chi connectivity index (χ1v) is 5.85. The SMILES string of the molecule is O=C1NC(=S)N/C1=C\c1cc2c(cc1Cl)OCO2. The van der Waals surface area contributed by atoms with E-state index in [1.807, 2.05) is 0 Å². The maximum absolute atomic E-state index is 11.5. The molecule has 0 radical (unpaired) electrons. The van der Waals surface area contributed by atoms with Gasteiger partial charge in [0.2, 0.25) is 6.79 Å². The Labute approximate surface area is 113 Å². The number of hydrogen-bond acceptors (Lipinski definition) is 4. The minimum Gasteiger partial charge on any atom is -0.454 e. The van der Waals surface area contributed by atoms with Crippen LogP contribution in [0.25, 0.3) is 6.08 Å². The van der Waals surface area contributed by atoms with Crippen molar-refractivity contribution in [2.45, 2.75) is 0 Å². The third-order valence-electron chi connectivity index (χ3n) is 2.51. The van der Waals surface area contributed by atoms with Crippen molar-refractivity contribution in [3.05, 3.63) is 28.4 Å². The van der Waals surface area contributed by atoms with E-state index in [-0.39, 0.29) is 17.8 Å². The molecule has 0 spiro atoms. The molecule has 5 nitrogen and oxygen atoms in total. The summed E-state index contributed by atoms with van der Waals surface area (Å²) in [7, 11) is 0. The van der Waals surface area contributed by atoms with Gasteiger partial charge in [-0.2, -0.15) is 0 Å². The number of hydrogen-bond donors (Lipinski definition) is 2. The lowest BCUT2D eigenvalue weighted by Gasteiger charge is -2.02. The molecule has 1 amide bonds. The molecule has 0 aromatic heterocycles. The molecule has 18 heavy (non-hydrogen) atoms. The van der Waals surface area contributed by atoms with E-state index in [1.165, 1.54) is 0 Å². The monoisotopic (exact) mass is 282 g/mol. The van der Waals surface area contributed by atoms with Crippen LogP contribution in [0.3, 0.4) is 0 Å². The van der Waals surface area contributed by atoms with Crippen molar-refractivity contribution in [1.82, 2.24) is 10.6 Å². The molecule has 2 N–H and O–H groups in total. The Hall–Kier alpha value is -1.79. The minimum atomic E-state index is -0.284. The van der Waals surface area contributed by atoms with Crippen LogP contribution in [0.15, 0.2) is 17.8 Å². The second kappa shape index (κ2) is 4.15. The number of thiocarbonyl (C=S) groups is 1. The molecular weight excluding hydrogens is 276 g/mol. The molecule has 0 atom stereocenters. The van der Waals surface area contributed by atoms with Gasteiger partial charge in [0, 0.05) is 6.07 Å². The minimum absolute atomic E-state index is 0.175. The third kappa shape index (κ3) is 1.89. The Balaban J connectivity index is 2.00. The first-order chi connectivity index (χ1) is 8.63. The lowest BCUT2D eigenvalue weighted by Crippen LogP contribution is -2.21. The highest BCUT2D eigenvalue weighted by molar-refractivity contribution is 7.80. The number of ether oxygens (including phenoxy) is 2. The average molecular weight is 283 g/mol. The van der Waals surface area contributed by atoms with Gasteiger partial charge in [-0.05, 0) is 29.9 Å². The van der Waals surface area contributed by atoms with Crippen molar-refractivity contribution in [3.63, 3.8) is 0 Å². The van der Waals surface area contributed by atoms with Crippen molar-refractivity contribution in [1.29, 1.82) is 0 Å². The summed E-state index contributed by atoms with van der Waals surface area (Å²) in [5.41, 5.74) is 1.00. The van der Waals surface area contributed by atoms with Crippen LogP contribution in [-0.2, 0) is 4.79 Å². The van der Waals surface area contributed by atoms with Crippen molar-refractivity contribution >= 4 is 40.9 Å². The molecule has 0 bridgehead atoms. The van der Waals surface area contributed by atoms with Gasteiger partial charge in [0.1, 0.15) is 5.70 Å². The fourth-order valence-corrected chi connectivity index (χ4v) is 2.09. The molecule has 0 unspecified atom stereocenters. The van der Waals surface area contributed by atoms with Crippen LogP contribution in [0.5, 0.6) is 11.5 Å². The normalized spacial score (nSPS) is 19.1. The lowest BCUT2D eigenvalue weighted by molar-refractivity contribution is -0.115. The summed E-state index contributed by atoms with van der Waals surface area (Å²) < 4.78 is 10.4. The maximum atomic E-state index is 11.5. The summed E-state index contributed by atoms with van der Waals surface area (Å²) in [4.78, 5) is 11.5. The van der Waals surface area contributed by atoms with Crippen LogP contribution >= 0.6 is 23.8 Å². The Bertz CT molecular complexity index is 600. The molecule has 2 heterocycles. The molecule has 1 aromatic rings. The van der Waals surface area contributed by atoms with Gasteiger partial charge in [-0.1, -0.05) is 11.6 Å². The number of halogens is 1. The van der Waals surface area contributed by atoms with Gasteiger partial charge in [-0.3, -0.25) is 10.1 Å². The Morgan fingerprint density at radius 3 is 2.67 bits per heavy atom. The molecule has 1 saturated heterocycles. The molecule has 0 aliphatic carbocycles. The van der Waals surface area contributed by atoms with E-state index >= 15 is 0 Å². The Kier molecular flexibility index (Phi) is 2.61. The fraction of sp³-hybridized carbons (Fsp3) is 0.0909. The summed E-state index contributed by atoms with van der Waals surface area (Å²) in [5.74, 6) is 0.919. The van der Waals surface area contributed by atoms with Crippen LogP contribution in [0.1, 0.15) is 5.56 Å². The predicted molar refractivity (Wildman–Crippen MR) is 69.4 cm³/mol. The molecule has 92 valence electrons. The number of nitrogens with one attached hydrogen (secondary N) is 2. The van der Waals surface area contributed by atoms with E-state index < -0.39 is 0 Å². The summed E-state index contributed by atoms with van der Waals surface area (Å²) in [6.07, 6.45) is 1.61. The molecule has 3 rings (SSSR count). The van der Waals surface area contributed by atoms with Crippen LogP contribution in [-0.4, -0.2) is 17.8 Å². The standard InChI is InChI=1S/C11H7ClN2O3S/c12-6-3-9-8(16-4-17-9)2-5(6)1-7-10(15)14-11(18)13-7/h1-3H,4H2,(H2,13,14,15,18)/b7-1-. The van der Waals surface area contributed by atoms with Gasteiger partial charge in [-0.15, -0.1) is 0 Å². The zero-order valence-electron chi connectivity index (χ0n) is 8.95. The predicted octanol–water partition coefficient (Wildman–Crippen LogP) is 1.41. The number of carbonyl (C=O) groups excluding carboxylic acids is 1. The van der Waals surface area contributed by atoms with Gasteiger partial charge in [0.25, 0.3) is 5.91 Å². The summed E-state index contributed by atoms with van der Waals surface area (Å²) in [6.45, 7) is 0.175. The molecule has 0 saturated carbocycles. The molecule has 1 fully saturated rings. The van der Waals surface area contributed by atoms with Crippen molar-refractivity contribution in [2.75, 3.05) is 6.79 Å². The second-order valence-electron chi connectivity index (χ2n) is 3.69.